The summed E-state index contributed by atoms with van der Waals surface area (Å²) in [7, 11) is 1.64. The second-order valence-electron chi connectivity index (χ2n) is 5.49. The number of nitrogens with one attached hydrogen (secondary N) is 1. The maximum absolute atomic E-state index is 12.5. The summed E-state index contributed by atoms with van der Waals surface area (Å²) in [6.07, 6.45) is 5.29. The first-order chi connectivity index (χ1) is 12.7. The van der Waals surface area contributed by atoms with Gasteiger partial charge in [0.05, 0.1) is 18.0 Å². The first-order valence-electron chi connectivity index (χ1n) is 8.33. The van der Waals surface area contributed by atoms with Crippen LogP contribution in [0.15, 0.2) is 64.5 Å². The summed E-state index contributed by atoms with van der Waals surface area (Å²) < 4.78 is 6.86. The Morgan fingerprint density at radius 2 is 1.96 bits per heavy atom. The number of hydrogen-bond acceptors (Lipinski definition) is 5. The zero-order valence-electron chi connectivity index (χ0n) is 14.7. The lowest BCUT2D eigenvalue weighted by atomic mass is 10.2. The molecule has 1 N–H and O–H groups in total. The monoisotopic (exact) mass is 348 g/mol. The molecule has 1 heterocycles. The van der Waals surface area contributed by atoms with E-state index in [2.05, 4.69) is 15.5 Å². The van der Waals surface area contributed by atoms with E-state index >= 15 is 0 Å². The summed E-state index contributed by atoms with van der Waals surface area (Å²) in [5.41, 5.74) is 4.37. The molecule has 3 rings (SSSR count). The van der Waals surface area contributed by atoms with Crippen LogP contribution in [0.3, 0.4) is 0 Å². The second kappa shape index (κ2) is 8.11. The van der Waals surface area contributed by atoms with Crippen molar-refractivity contribution in [1.29, 1.82) is 0 Å². The molecule has 0 amide bonds. The van der Waals surface area contributed by atoms with Gasteiger partial charge in [0.1, 0.15) is 5.75 Å². The van der Waals surface area contributed by atoms with Crippen molar-refractivity contribution in [1.82, 2.24) is 9.55 Å². The number of hydrogen-bond donors (Lipinski definition) is 1. The molecule has 0 bridgehead atoms. The lowest BCUT2D eigenvalue weighted by molar-refractivity contribution is 0.414. The Balaban J connectivity index is 1.80. The lowest BCUT2D eigenvalue weighted by Crippen LogP contribution is -2.23. The van der Waals surface area contributed by atoms with Crippen molar-refractivity contribution in [2.45, 2.75) is 13.5 Å². The number of allylic oxidation sites excluding steroid dienone is 1. The van der Waals surface area contributed by atoms with Crippen LogP contribution in [0.5, 0.6) is 5.75 Å². The Kier molecular flexibility index (Phi) is 5.43. The lowest BCUT2D eigenvalue weighted by Gasteiger charge is -2.10. The minimum absolute atomic E-state index is 0.0830. The Hall–Kier alpha value is -3.41. The van der Waals surface area contributed by atoms with Crippen molar-refractivity contribution in [2.75, 3.05) is 12.5 Å². The first kappa shape index (κ1) is 17.4. The largest absolute Gasteiger partial charge is 0.496 e. The van der Waals surface area contributed by atoms with E-state index in [1.54, 1.807) is 30.0 Å². The number of anilines is 1. The molecule has 0 aliphatic heterocycles. The zero-order valence-corrected chi connectivity index (χ0v) is 14.7. The fraction of sp³-hybridized carbons (Fsp3) is 0.150. The minimum Gasteiger partial charge on any atom is -0.496 e. The van der Waals surface area contributed by atoms with Gasteiger partial charge in [-0.25, -0.2) is 10.4 Å². The molecule has 0 radical (unpaired) electrons. The van der Waals surface area contributed by atoms with Crippen LogP contribution in [-0.2, 0) is 6.54 Å². The molecular weight excluding hydrogens is 328 g/mol. The normalized spacial score (nSPS) is 11.5. The highest BCUT2D eigenvalue weighted by atomic mass is 16.5. The SMILES string of the molecule is CCn1c(N/N=C\C=C\c2ccccc2OC)nc2ccccc2c1=O. The zero-order chi connectivity index (χ0) is 18.4. The van der Waals surface area contributed by atoms with E-state index < -0.39 is 0 Å². The molecule has 0 saturated carbocycles. The molecule has 3 aromatic rings. The predicted molar refractivity (Wildman–Crippen MR) is 106 cm³/mol. The fourth-order valence-electron chi connectivity index (χ4n) is 2.64. The maximum Gasteiger partial charge on any atom is 0.262 e. The molecule has 6 nitrogen and oxygen atoms in total. The Labute approximate surface area is 151 Å². The first-order valence-corrected chi connectivity index (χ1v) is 8.33. The van der Waals surface area contributed by atoms with Gasteiger partial charge in [0.25, 0.3) is 5.56 Å². The van der Waals surface area contributed by atoms with Gasteiger partial charge in [0.15, 0.2) is 0 Å². The van der Waals surface area contributed by atoms with Crippen molar-refractivity contribution >= 4 is 29.1 Å². The fourth-order valence-corrected chi connectivity index (χ4v) is 2.64. The third-order valence-electron chi connectivity index (χ3n) is 3.92. The third kappa shape index (κ3) is 3.64. The average Bonchev–Trinajstić information content (AvgIpc) is 2.68. The number of ether oxygens (including phenoxy) is 1. The molecule has 0 atom stereocenters. The molecular formula is C20H20N4O2. The van der Waals surface area contributed by atoms with Gasteiger partial charge >= 0.3 is 0 Å². The maximum atomic E-state index is 12.5. The van der Waals surface area contributed by atoms with Gasteiger partial charge in [-0.05, 0) is 37.3 Å². The molecule has 0 unspecified atom stereocenters. The van der Waals surface area contributed by atoms with Gasteiger partial charge in [-0.3, -0.25) is 9.36 Å². The van der Waals surface area contributed by atoms with Crippen LogP contribution in [0.2, 0.25) is 0 Å². The van der Waals surface area contributed by atoms with Gasteiger partial charge in [-0.15, -0.1) is 0 Å². The number of para-hydroxylation sites is 2. The van der Waals surface area contributed by atoms with E-state index in [9.17, 15) is 4.79 Å². The molecule has 132 valence electrons. The van der Waals surface area contributed by atoms with Crippen LogP contribution in [0.25, 0.3) is 17.0 Å². The number of fused-ring (bicyclic) bond motifs is 1. The van der Waals surface area contributed by atoms with Crippen molar-refractivity contribution in [2.24, 2.45) is 5.10 Å². The molecule has 0 aliphatic rings. The summed E-state index contributed by atoms with van der Waals surface area (Å²) in [6.45, 7) is 2.40. The van der Waals surface area contributed by atoms with Crippen LogP contribution >= 0.6 is 0 Å². The van der Waals surface area contributed by atoms with Gasteiger partial charge < -0.3 is 4.74 Å². The molecule has 0 saturated heterocycles. The Morgan fingerprint density at radius 3 is 2.77 bits per heavy atom. The van der Waals surface area contributed by atoms with E-state index in [1.165, 1.54) is 0 Å². The summed E-state index contributed by atoms with van der Waals surface area (Å²) in [5.74, 6) is 1.21. The van der Waals surface area contributed by atoms with Gasteiger partial charge in [0.2, 0.25) is 5.95 Å². The van der Waals surface area contributed by atoms with E-state index in [4.69, 9.17) is 4.74 Å². The van der Waals surface area contributed by atoms with E-state index in [-0.39, 0.29) is 5.56 Å². The van der Waals surface area contributed by atoms with Gasteiger partial charge in [-0.1, -0.05) is 30.3 Å². The Morgan fingerprint density at radius 1 is 1.19 bits per heavy atom. The second-order valence-corrected chi connectivity index (χ2v) is 5.49. The summed E-state index contributed by atoms with van der Waals surface area (Å²) in [5, 5.41) is 4.74. The van der Waals surface area contributed by atoms with Crippen LogP contribution in [0.1, 0.15) is 12.5 Å². The molecule has 2 aromatic carbocycles. The van der Waals surface area contributed by atoms with Crippen LogP contribution in [0, 0.1) is 0 Å². The highest BCUT2D eigenvalue weighted by molar-refractivity contribution is 5.80. The van der Waals surface area contributed by atoms with Crippen LogP contribution < -0.4 is 15.7 Å². The molecule has 0 aliphatic carbocycles. The van der Waals surface area contributed by atoms with E-state index in [1.807, 2.05) is 55.5 Å². The quantitative estimate of drug-likeness (QED) is 0.546. The predicted octanol–water partition coefficient (Wildman–Crippen LogP) is 3.54. The molecule has 1 aromatic heterocycles. The van der Waals surface area contributed by atoms with Crippen LogP contribution in [-0.4, -0.2) is 22.9 Å². The molecule has 0 spiro atoms. The number of benzene rings is 2. The molecule has 6 heteroatoms. The topological polar surface area (TPSA) is 68.5 Å². The van der Waals surface area contributed by atoms with Crippen LogP contribution in [0.4, 0.5) is 5.95 Å². The standard InChI is InChI=1S/C20H20N4O2/c1-3-24-19(25)16-11-5-6-12-17(16)22-20(24)23-21-14-8-10-15-9-4-7-13-18(15)26-2/h4-14H,3H2,1-2H3,(H,22,23)/b10-8+,21-14-. The highest BCUT2D eigenvalue weighted by Gasteiger charge is 2.08. The number of rotatable bonds is 6. The summed E-state index contributed by atoms with van der Waals surface area (Å²) in [6, 6.07) is 15.0. The number of nitrogens with zero attached hydrogens (tertiary/aromatic N) is 3. The summed E-state index contributed by atoms with van der Waals surface area (Å²) in [4.78, 5) is 17.0. The van der Waals surface area contributed by atoms with E-state index in [0.717, 1.165) is 11.3 Å². The van der Waals surface area contributed by atoms with Crippen molar-refractivity contribution < 1.29 is 4.74 Å². The molecule has 0 fully saturated rings. The smallest absolute Gasteiger partial charge is 0.262 e. The highest BCUT2D eigenvalue weighted by Crippen LogP contribution is 2.18. The van der Waals surface area contributed by atoms with E-state index in [0.29, 0.717) is 23.4 Å². The average molecular weight is 348 g/mol. The third-order valence-corrected chi connectivity index (χ3v) is 3.92. The summed E-state index contributed by atoms with van der Waals surface area (Å²) >= 11 is 0. The van der Waals surface area contributed by atoms with Gasteiger partial charge in [-0.2, -0.15) is 5.10 Å². The van der Waals surface area contributed by atoms with Gasteiger partial charge in [0, 0.05) is 18.3 Å². The Bertz CT molecular complexity index is 1020. The van der Waals surface area contributed by atoms with Crippen molar-refractivity contribution in [3.63, 3.8) is 0 Å². The van der Waals surface area contributed by atoms with Crippen molar-refractivity contribution in [3.05, 3.63) is 70.5 Å². The minimum atomic E-state index is -0.0830. The number of hydrazone groups is 1. The number of methoxy groups -OCH3 is 1. The molecule has 26 heavy (non-hydrogen) atoms. The van der Waals surface area contributed by atoms with Crippen molar-refractivity contribution in [3.8, 4) is 5.75 Å². The number of aromatic nitrogens is 2.